The second-order valence-electron chi connectivity index (χ2n) is 2.70. The van der Waals surface area contributed by atoms with E-state index in [-0.39, 0.29) is 22.5 Å². The van der Waals surface area contributed by atoms with E-state index in [9.17, 15) is 4.39 Å². The highest BCUT2D eigenvalue weighted by atomic mass is 79.9. The van der Waals surface area contributed by atoms with Gasteiger partial charge in [-0.05, 0) is 28.1 Å². The molecule has 0 aromatic heterocycles. The van der Waals surface area contributed by atoms with Gasteiger partial charge in [-0.2, -0.15) is 0 Å². The molecule has 0 spiro atoms. The zero-order valence-electron chi connectivity index (χ0n) is 7.91. The van der Waals surface area contributed by atoms with Crippen LogP contribution in [0.1, 0.15) is 0 Å². The quantitative estimate of drug-likeness (QED) is 0.612. The standard InChI is InChI=1S/C8H9BBrFO4/c1-14-4-15-6-3-2-5(11)7(8(6)10)9(12)13/h2-3,12-13H,4H2,1H3. The van der Waals surface area contributed by atoms with Gasteiger partial charge in [-0.3, -0.25) is 0 Å². The minimum atomic E-state index is -1.90. The van der Waals surface area contributed by atoms with Crippen LogP contribution in [-0.2, 0) is 4.74 Å². The van der Waals surface area contributed by atoms with Crippen molar-refractivity contribution in [1.29, 1.82) is 0 Å². The van der Waals surface area contributed by atoms with Gasteiger partial charge in [-0.25, -0.2) is 4.39 Å². The topological polar surface area (TPSA) is 58.9 Å². The maximum atomic E-state index is 13.2. The monoisotopic (exact) mass is 278 g/mol. The molecule has 1 aromatic rings. The van der Waals surface area contributed by atoms with Crippen LogP contribution < -0.4 is 10.2 Å². The Labute approximate surface area is 94.9 Å². The van der Waals surface area contributed by atoms with Crippen LogP contribution in [0.2, 0.25) is 0 Å². The number of ether oxygens (including phenoxy) is 2. The minimum absolute atomic E-state index is 0.00873. The van der Waals surface area contributed by atoms with Gasteiger partial charge in [-0.15, -0.1) is 0 Å². The third kappa shape index (κ3) is 2.91. The van der Waals surface area contributed by atoms with Gasteiger partial charge in [0.25, 0.3) is 0 Å². The summed E-state index contributed by atoms with van der Waals surface area (Å²) in [7, 11) is -0.454. The molecule has 0 aliphatic rings. The van der Waals surface area contributed by atoms with Gasteiger partial charge in [0.1, 0.15) is 11.6 Å². The van der Waals surface area contributed by atoms with E-state index in [0.717, 1.165) is 6.07 Å². The van der Waals surface area contributed by atoms with Gasteiger partial charge >= 0.3 is 7.12 Å². The predicted octanol–water partition coefficient (Wildman–Crippen LogP) is 0.251. The third-order valence-electron chi connectivity index (χ3n) is 1.68. The first-order valence-electron chi connectivity index (χ1n) is 4.03. The Morgan fingerprint density at radius 3 is 2.67 bits per heavy atom. The van der Waals surface area contributed by atoms with Gasteiger partial charge in [0, 0.05) is 12.6 Å². The van der Waals surface area contributed by atoms with Crippen molar-refractivity contribution in [2.75, 3.05) is 13.9 Å². The van der Waals surface area contributed by atoms with E-state index in [1.165, 1.54) is 13.2 Å². The largest absolute Gasteiger partial charge is 0.492 e. The molecule has 2 N–H and O–H groups in total. The molecular weight excluding hydrogens is 270 g/mol. The van der Waals surface area contributed by atoms with E-state index in [4.69, 9.17) is 14.8 Å². The fourth-order valence-electron chi connectivity index (χ4n) is 1.02. The number of hydrogen-bond donors (Lipinski definition) is 2. The molecule has 0 heterocycles. The van der Waals surface area contributed by atoms with E-state index in [2.05, 4.69) is 20.7 Å². The summed E-state index contributed by atoms with van der Waals surface area (Å²) in [6.45, 7) is -0.00873. The molecule has 1 aromatic carbocycles. The molecule has 82 valence electrons. The van der Waals surface area contributed by atoms with Crippen LogP contribution in [0.25, 0.3) is 0 Å². The fraction of sp³-hybridized carbons (Fsp3) is 0.250. The smallest absolute Gasteiger partial charge is 0.466 e. The zero-order chi connectivity index (χ0) is 11.4. The molecule has 0 saturated carbocycles. The molecular formula is C8H9BBrFO4. The second-order valence-corrected chi connectivity index (χ2v) is 3.49. The molecule has 0 radical (unpaired) electrons. The van der Waals surface area contributed by atoms with Crippen molar-refractivity contribution in [3.05, 3.63) is 22.4 Å². The molecule has 15 heavy (non-hydrogen) atoms. The fourth-order valence-corrected chi connectivity index (χ4v) is 1.66. The number of rotatable bonds is 4. The first-order chi connectivity index (χ1) is 7.07. The Balaban J connectivity index is 3.05. The lowest BCUT2D eigenvalue weighted by molar-refractivity contribution is 0.0506. The number of benzene rings is 1. The number of hydrogen-bond acceptors (Lipinski definition) is 4. The lowest BCUT2D eigenvalue weighted by Crippen LogP contribution is -2.34. The Morgan fingerprint density at radius 1 is 1.47 bits per heavy atom. The van der Waals surface area contributed by atoms with Crippen LogP contribution >= 0.6 is 15.9 Å². The van der Waals surface area contributed by atoms with Crippen molar-refractivity contribution in [2.24, 2.45) is 0 Å². The summed E-state index contributed by atoms with van der Waals surface area (Å²) >= 11 is 3.02. The highest BCUT2D eigenvalue weighted by Crippen LogP contribution is 2.24. The van der Waals surface area contributed by atoms with Crippen molar-refractivity contribution >= 4 is 28.5 Å². The van der Waals surface area contributed by atoms with Crippen LogP contribution in [0.4, 0.5) is 4.39 Å². The summed E-state index contributed by atoms with van der Waals surface area (Å²) in [5.74, 6) is -0.442. The Morgan fingerprint density at radius 2 is 2.13 bits per heavy atom. The van der Waals surface area contributed by atoms with Gasteiger partial charge in [0.05, 0.1) is 4.47 Å². The molecule has 0 atom stereocenters. The Bertz CT molecular complexity index is 348. The molecule has 0 saturated heterocycles. The van der Waals surface area contributed by atoms with E-state index < -0.39 is 12.9 Å². The molecule has 0 aliphatic heterocycles. The molecule has 0 unspecified atom stereocenters. The highest BCUT2D eigenvalue weighted by Gasteiger charge is 2.22. The van der Waals surface area contributed by atoms with Crippen LogP contribution in [0.5, 0.6) is 5.75 Å². The molecule has 0 amide bonds. The van der Waals surface area contributed by atoms with Gasteiger partial charge in [-0.1, -0.05) is 0 Å². The molecule has 0 bridgehead atoms. The summed E-state index contributed by atoms with van der Waals surface area (Å²) in [6, 6.07) is 2.45. The van der Waals surface area contributed by atoms with Crippen LogP contribution in [-0.4, -0.2) is 31.1 Å². The Kier molecular flexibility index (Phi) is 4.53. The summed E-state index contributed by atoms with van der Waals surface area (Å²) in [4.78, 5) is 0. The van der Waals surface area contributed by atoms with Gasteiger partial charge < -0.3 is 19.5 Å². The lowest BCUT2D eigenvalue weighted by Gasteiger charge is -2.11. The van der Waals surface area contributed by atoms with Crippen molar-refractivity contribution in [3.63, 3.8) is 0 Å². The van der Waals surface area contributed by atoms with E-state index in [0.29, 0.717) is 0 Å². The minimum Gasteiger partial charge on any atom is -0.466 e. The first kappa shape index (κ1) is 12.4. The molecule has 1 rings (SSSR count). The summed E-state index contributed by atoms with van der Waals surface area (Å²) in [6.07, 6.45) is 0. The van der Waals surface area contributed by atoms with Crippen molar-refractivity contribution in [3.8, 4) is 5.75 Å². The SMILES string of the molecule is COCOc1ccc(F)c(B(O)O)c1Br. The number of methoxy groups -OCH3 is 1. The predicted molar refractivity (Wildman–Crippen MR) is 56.4 cm³/mol. The highest BCUT2D eigenvalue weighted by molar-refractivity contribution is 9.10. The maximum Gasteiger partial charge on any atom is 0.492 e. The average Bonchev–Trinajstić information content (AvgIpc) is 2.16. The van der Waals surface area contributed by atoms with Crippen molar-refractivity contribution in [2.45, 2.75) is 0 Å². The first-order valence-corrected chi connectivity index (χ1v) is 4.83. The summed E-state index contributed by atoms with van der Waals surface area (Å²) in [5, 5.41) is 17.9. The molecule has 7 heteroatoms. The number of halogens is 2. The van der Waals surface area contributed by atoms with Gasteiger partial charge in [0.15, 0.2) is 6.79 Å². The lowest BCUT2D eigenvalue weighted by atomic mass is 9.80. The summed E-state index contributed by atoms with van der Waals surface area (Å²) < 4.78 is 23.1. The second kappa shape index (κ2) is 5.46. The maximum absolute atomic E-state index is 13.2. The molecule has 0 aliphatic carbocycles. The van der Waals surface area contributed by atoms with Crippen LogP contribution in [0, 0.1) is 5.82 Å². The van der Waals surface area contributed by atoms with E-state index in [1.807, 2.05) is 0 Å². The summed E-state index contributed by atoms with van der Waals surface area (Å²) in [5.41, 5.74) is -0.261. The normalized spacial score (nSPS) is 10.2. The average molecular weight is 279 g/mol. The molecule has 4 nitrogen and oxygen atoms in total. The zero-order valence-corrected chi connectivity index (χ0v) is 9.49. The van der Waals surface area contributed by atoms with E-state index in [1.54, 1.807) is 0 Å². The van der Waals surface area contributed by atoms with E-state index >= 15 is 0 Å². The van der Waals surface area contributed by atoms with Crippen molar-refractivity contribution < 1.29 is 23.9 Å². The van der Waals surface area contributed by atoms with Crippen LogP contribution in [0.3, 0.4) is 0 Å². The van der Waals surface area contributed by atoms with Gasteiger partial charge in [0.2, 0.25) is 0 Å². The van der Waals surface area contributed by atoms with Crippen LogP contribution in [0.15, 0.2) is 16.6 Å². The third-order valence-corrected chi connectivity index (χ3v) is 2.50. The molecule has 0 fully saturated rings. The van der Waals surface area contributed by atoms with Crippen molar-refractivity contribution in [1.82, 2.24) is 0 Å². The Hall–Kier alpha value is -0.625.